The lowest BCUT2D eigenvalue weighted by Gasteiger charge is -2.29. The Balaban J connectivity index is 2.12. The molecule has 2 aromatic carbocycles. The van der Waals surface area contributed by atoms with Gasteiger partial charge in [0.1, 0.15) is 6.04 Å². The zero-order valence-electron chi connectivity index (χ0n) is 18.7. The molecule has 0 aliphatic heterocycles. The van der Waals surface area contributed by atoms with Crippen LogP contribution in [-0.2, 0) is 28.0 Å². The van der Waals surface area contributed by atoms with Crippen LogP contribution in [0.15, 0.2) is 48.5 Å². The van der Waals surface area contributed by atoms with Crippen molar-refractivity contribution in [1.29, 1.82) is 0 Å². The Bertz CT molecular complexity index is 856. The second kappa shape index (κ2) is 10.6. The SMILES string of the molecule is CCNC(=O)[C@H](C)N(Cc1cccc(Cl)c1)C(=O)CCc1ccc(C(C)(C)C)cc1. The molecular weight excluding hydrogens is 396 g/mol. The first-order valence-electron chi connectivity index (χ1n) is 10.5. The summed E-state index contributed by atoms with van der Waals surface area (Å²) in [7, 11) is 0. The molecular formula is C25H33ClN2O2. The summed E-state index contributed by atoms with van der Waals surface area (Å²) in [5.41, 5.74) is 3.39. The minimum Gasteiger partial charge on any atom is -0.355 e. The molecule has 0 saturated heterocycles. The maximum atomic E-state index is 13.1. The highest BCUT2D eigenvalue weighted by Gasteiger charge is 2.25. The fraction of sp³-hybridized carbons (Fsp3) is 0.440. The van der Waals surface area contributed by atoms with Gasteiger partial charge in [0.25, 0.3) is 0 Å². The summed E-state index contributed by atoms with van der Waals surface area (Å²) >= 11 is 6.10. The molecule has 0 unspecified atom stereocenters. The maximum absolute atomic E-state index is 13.1. The van der Waals surface area contributed by atoms with Crippen LogP contribution in [0.5, 0.6) is 0 Å². The van der Waals surface area contributed by atoms with E-state index in [1.807, 2.05) is 25.1 Å². The summed E-state index contributed by atoms with van der Waals surface area (Å²) in [6.45, 7) is 11.1. The number of amides is 2. The van der Waals surface area contributed by atoms with Crippen molar-refractivity contribution in [2.24, 2.45) is 0 Å². The standard InChI is InChI=1S/C25H33ClN2O2/c1-6-27-24(30)18(2)28(17-20-8-7-9-22(26)16-20)23(29)15-12-19-10-13-21(14-11-19)25(3,4)5/h7-11,13-14,16,18H,6,12,15,17H2,1-5H3,(H,27,30)/t18-/m0/s1. The second-order valence-electron chi connectivity index (χ2n) is 8.67. The van der Waals surface area contributed by atoms with Crippen LogP contribution in [0, 0.1) is 0 Å². The Kier molecular flexibility index (Phi) is 8.48. The molecule has 0 aromatic heterocycles. The van der Waals surface area contributed by atoms with E-state index in [1.165, 1.54) is 5.56 Å². The molecule has 0 heterocycles. The normalized spacial score (nSPS) is 12.3. The Morgan fingerprint density at radius 2 is 1.73 bits per heavy atom. The highest BCUT2D eigenvalue weighted by Crippen LogP contribution is 2.23. The van der Waals surface area contributed by atoms with Crippen molar-refractivity contribution < 1.29 is 9.59 Å². The molecule has 2 rings (SSSR count). The average molecular weight is 429 g/mol. The summed E-state index contributed by atoms with van der Waals surface area (Å²) < 4.78 is 0. The Hall–Kier alpha value is -2.33. The third-order valence-electron chi connectivity index (χ3n) is 5.21. The summed E-state index contributed by atoms with van der Waals surface area (Å²) in [5, 5.41) is 3.43. The zero-order chi connectivity index (χ0) is 22.3. The van der Waals surface area contributed by atoms with Crippen LogP contribution in [-0.4, -0.2) is 29.3 Å². The highest BCUT2D eigenvalue weighted by atomic mass is 35.5. The molecule has 0 saturated carbocycles. The van der Waals surface area contributed by atoms with Crippen molar-refractivity contribution in [3.8, 4) is 0 Å². The highest BCUT2D eigenvalue weighted by molar-refractivity contribution is 6.30. The van der Waals surface area contributed by atoms with Gasteiger partial charge in [0.15, 0.2) is 0 Å². The fourth-order valence-corrected chi connectivity index (χ4v) is 3.52. The molecule has 162 valence electrons. The van der Waals surface area contributed by atoms with Gasteiger partial charge in [0.2, 0.25) is 11.8 Å². The predicted octanol–water partition coefficient (Wildman–Crippen LogP) is 5.12. The third kappa shape index (κ3) is 6.88. The lowest BCUT2D eigenvalue weighted by molar-refractivity contribution is -0.140. The van der Waals surface area contributed by atoms with Crippen LogP contribution in [0.3, 0.4) is 0 Å². The average Bonchev–Trinajstić information content (AvgIpc) is 2.69. The largest absolute Gasteiger partial charge is 0.355 e. The first kappa shape index (κ1) is 23.9. The van der Waals surface area contributed by atoms with Gasteiger partial charge in [0, 0.05) is 24.5 Å². The van der Waals surface area contributed by atoms with E-state index in [1.54, 1.807) is 17.9 Å². The summed E-state index contributed by atoms with van der Waals surface area (Å²) in [6, 6.07) is 15.3. The number of carbonyl (C=O) groups excluding carboxylic acids is 2. The number of nitrogens with one attached hydrogen (secondary N) is 1. The number of rotatable bonds is 8. The van der Waals surface area contributed by atoms with Crippen molar-refractivity contribution in [2.45, 2.75) is 65.5 Å². The molecule has 30 heavy (non-hydrogen) atoms. The van der Waals surface area contributed by atoms with Gasteiger partial charge in [-0.15, -0.1) is 0 Å². The first-order chi connectivity index (χ1) is 14.1. The number of hydrogen-bond donors (Lipinski definition) is 1. The van der Waals surface area contributed by atoms with E-state index in [4.69, 9.17) is 11.6 Å². The van der Waals surface area contributed by atoms with Crippen LogP contribution in [0.1, 0.15) is 57.7 Å². The number of nitrogens with zero attached hydrogens (tertiary/aromatic N) is 1. The van der Waals surface area contributed by atoms with Crippen LogP contribution in [0.2, 0.25) is 5.02 Å². The van der Waals surface area contributed by atoms with E-state index >= 15 is 0 Å². The fourth-order valence-electron chi connectivity index (χ4n) is 3.30. The summed E-state index contributed by atoms with van der Waals surface area (Å²) in [4.78, 5) is 27.2. The van der Waals surface area contributed by atoms with Crippen molar-refractivity contribution in [3.63, 3.8) is 0 Å². The number of hydrogen-bond acceptors (Lipinski definition) is 2. The molecule has 1 N–H and O–H groups in total. The number of likely N-dealkylation sites (N-methyl/N-ethyl adjacent to an activating group) is 1. The molecule has 0 aliphatic rings. The quantitative estimate of drug-likeness (QED) is 0.634. The van der Waals surface area contributed by atoms with Crippen molar-refractivity contribution in [1.82, 2.24) is 10.2 Å². The molecule has 0 bridgehead atoms. The monoisotopic (exact) mass is 428 g/mol. The van der Waals surface area contributed by atoms with Gasteiger partial charge in [-0.2, -0.15) is 0 Å². The number of halogens is 1. The van der Waals surface area contributed by atoms with Gasteiger partial charge < -0.3 is 10.2 Å². The minimum atomic E-state index is -0.556. The van der Waals surface area contributed by atoms with Crippen LogP contribution < -0.4 is 5.32 Å². The predicted molar refractivity (Wildman–Crippen MR) is 124 cm³/mol. The van der Waals surface area contributed by atoms with Gasteiger partial charge >= 0.3 is 0 Å². The lowest BCUT2D eigenvalue weighted by Crippen LogP contribution is -2.47. The van der Waals surface area contributed by atoms with E-state index in [-0.39, 0.29) is 17.2 Å². The van der Waals surface area contributed by atoms with Gasteiger partial charge in [-0.25, -0.2) is 0 Å². The number of aryl methyl sites for hydroxylation is 1. The third-order valence-corrected chi connectivity index (χ3v) is 5.44. The van der Waals surface area contributed by atoms with E-state index in [0.717, 1.165) is 11.1 Å². The molecule has 0 fully saturated rings. The van der Waals surface area contributed by atoms with Gasteiger partial charge in [0.05, 0.1) is 0 Å². The maximum Gasteiger partial charge on any atom is 0.242 e. The Labute approximate surface area is 185 Å². The van der Waals surface area contributed by atoms with E-state index in [0.29, 0.717) is 31.0 Å². The summed E-state index contributed by atoms with van der Waals surface area (Å²) in [5.74, 6) is -0.198. The second-order valence-corrected chi connectivity index (χ2v) is 9.11. The molecule has 4 nitrogen and oxygen atoms in total. The van der Waals surface area contributed by atoms with Gasteiger partial charge in [-0.05, 0) is 54.5 Å². The van der Waals surface area contributed by atoms with Crippen molar-refractivity contribution >= 4 is 23.4 Å². The molecule has 0 spiro atoms. The Morgan fingerprint density at radius 1 is 1.07 bits per heavy atom. The van der Waals surface area contributed by atoms with E-state index in [2.05, 4.69) is 50.4 Å². The molecule has 0 aliphatic carbocycles. The Morgan fingerprint density at radius 3 is 2.30 bits per heavy atom. The number of carbonyl (C=O) groups is 2. The van der Waals surface area contributed by atoms with Crippen molar-refractivity contribution in [3.05, 3.63) is 70.2 Å². The van der Waals surface area contributed by atoms with Crippen molar-refractivity contribution in [2.75, 3.05) is 6.54 Å². The van der Waals surface area contributed by atoms with Crippen LogP contribution >= 0.6 is 11.6 Å². The minimum absolute atomic E-state index is 0.0476. The molecule has 0 radical (unpaired) electrons. The number of benzene rings is 2. The van der Waals surface area contributed by atoms with Gasteiger partial charge in [-0.1, -0.05) is 68.8 Å². The molecule has 5 heteroatoms. The molecule has 2 aromatic rings. The lowest BCUT2D eigenvalue weighted by atomic mass is 9.86. The summed E-state index contributed by atoms with van der Waals surface area (Å²) in [6.07, 6.45) is 0.983. The zero-order valence-corrected chi connectivity index (χ0v) is 19.4. The first-order valence-corrected chi connectivity index (χ1v) is 10.9. The van der Waals surface area contributed by atoms with Crippen LogP contribution in [0.4, 0.5) is 0 Å². The topological polar surface area (TPSA) is 49.4 Å². The molecule has 2 amide bonds. The smallest absolute Gasteiger partial charge is 0.242 e. The molecule has 1 atom stereocenters. The van der Waals surface area contributed by atoms with Gasteiger partial charge in [-0.3, -0.25) is 9.59 Å². The van der Waals surface area contributed by atoms with Crippen LogP contribution in [0.25, 0.3) is 0 Å². The van der Waals surface area contributed by atoms with E-state index in [9.17, 15) is 9.59 Å². The van der Waals surface area contributed by atoms with E-state index < -0.39 is 6.04 Å².